The average Bonchev–Trinajstić information content (AvgIpc) is 2.26. The Kier molecular flexibility index (Phi) is 3.07. The van der Waals surface area contributed by atoms with Gasteiger partial charge in [-0.3, -0.25) is 4.79 Å². The molecule has 0 bridgehead atoms. The predicted octanol–water partition coefficient (Wildman–Crippen LogP) is 3.49. The molecule has 1 aromatic rings. The van der Waals surface area contributed by atoms with Gasteiger partial charge in [0.2, 0.25) is 0 Å². The zero-order chi connectivity index (χ0) is 11.1. The van der Waals surface area contributed by atoms with Crippen LogP contribution in [0.1, 0.15) is 29.2 Å². The number of aliphatic carboxylic acids is 1. The van der Waals surface area contributed by atoms with Crippen LogP contribution in [0.2, 0.25) is 0 Å². The van der Waals surface area contributed by atoms with E-state index in [1.807, 2.05) is 13.8 Å². The Balaban J connectivity index is 3.38. The highest BCUT2D eigenvalue weighted by Crippen LogP contribution is 2.40. The molecule has 78 valence electrons. The molecule has 2 nitrogen and oxygen atoms in total. The van der Waals surface area contributed by atoms with Crippen LogP contribution in [0, 0.1) is 13.8 Å². The fraction of sp³-hybridized carbons (Fsp3) is 0.500. The van der Waals surface area contributed by atoms with Gasteiger partial charge in [-0.05, 0) is 49.2 Å². The van der Waals surface area contributed by atoms with Gasteiger partial charge >= 0.3 is 5.97 Å². The van der Waals surface area contributed by atoms with Gasteiger partial charge in [0.1, 0.15) is 0 Å². The third-order valence-corrected chi connectivity index (χ3v) is 4.62. The summed E-state index contributed by atoms with van der Waals surface area (Å²) < 4.78 is 0.937. The minimum absolute atomic E-state index is 0.792. The van der Waals surface area contributed by atoms with E-state index in [-0.39, 0.29) is 0 Å². The van der Waals surface area contributed by atoms with Crippen LogP contribution in [0.15, 0.2) is 4.47 Å². The van der Waals surface area contributed by atoms with E-state index >= 15 is 0 Å². The molecule has 0 aromatic carbocycles. The van der Waals surface area contributed by atoms with Crippen molar-refractivity contribution in [3.8, 4) is 0 Å². The van der Waals surface area contributed by atoms with Gasteiger partial charge in [-0.15, -0.1) is 11.3 Å². The van der Waals surface area contributed by atoms with E-state index in [9.17, 15) is 4.79 Å². The normalized spacial score (nSPS) is 11.8. The molecule has 0 spiro atoms. The number of thiophene rings is 1. The van der Waals surface area contributed by atoms with Crippen molar-refractivity contribution in [3.63, 3.8) is 0 Å². The Bertz CT molecular complexity index is 380. The summed E-state index contributed by atoms with van der Waals surface area (Å²) in [6.07, 6.45) is 0. The van der Waals surface area contributed by atoms with E-state index in [1.54, 1.807) is 25.2 Å². The van der Waals surface area contributed by atoms with Gasteiger partial charge in [0.05, 0.1) is 5.41 Å². The molecule has 0 saturated heterocycles. The molecular weight excluding hydrogens is 264 g/mol. The third kappa shape index (κ3) is 1.73. The van der Waals surface area contributed by atoms with Crippen molar-refractivity contribution in [3.05, 3.63) is 19.8 Å². The van der Waals surface area contributed by atoms with Crippen LogP contribution in [0.4, 0.5) is 0 Å². The minimum atomic E-state index is -0.826. The van der Waals surface area contributed by atoms with Gasteiger partial charge < -0.3 is 5.11 Å². The molecule has 1 aromatic heterocycles. The van der Waals surface area contributed by atoms with Crippen molar-refractivity contribution >= 4 is 33.2 Å². The first kappa shape index (κ1) is 11.7. The SMILES string of the molecule is Cc1sc(C)c(C(C)(C)C(=O)O)c1Br. The summed E-state index contributed by atoms with van der Waals surface area (Å²) in [5.74, 6) is -0.792. The maximum absolute atomic E-state index is 11.1. The number of hydrogen-bond acceptors (Lipinski definition) is 2. The highest BCUT2D eigenvalue weighted by molar-refractivity contribution is 9.10. The zero-order valence-corrected chi connectivity index (χ0v) is 11.0. The van der Waals surface area contributed by atoms with E-state index in [1.165, 1.54) is 0 Å². The van der Waals surface area contributed by atoms with Crippen molar-refractivity contribution in [2.24, 2.45) is 0 Å². The summed E-state index contributed by atoms with van der Waals surface area (Å²) in [5.41, 5.74) is 0.0701. The monoisotopic (exact) mass is 276 g/mol. The van der Waals surface area contributed by atoms with Gasteiger partial charge in [-0.25, -0.2) is 0 Å². The van der Waals surface area contributed by atoms with Gasteiger partial charge in [0, 0.05) is 14.2 Å². The molecule has 1 heterocycles. The number of rotatable bonds is 2. The molecule has 0 aliphatic rings. The van der Waals surface area contributed by atoms with Crippen molar-refractivity contribution in [1.29, 1.82) is 0 Å². The number of carboxylic acid groups (broad SMARTS) is 1. The molecule has 1 N–H and O–H groups in total. The quantitative estimate of drug-likeness (QED) is 0.898. The summed E-state index contributed by atoms with van der Waals surface area (Å²) in [6.45, 7) is 7.41. The van der Waals surface area contributed by atoms with Crippen molar-refractivity contribution in [2.75, 3.05) is 0 Å². The molecule has 4 heteroatoms. The van der Waals surface area contributed by atoms with Crippen LogP contribution in [0.5, 0.6) is 0 Å². The van der Waals surface area contributed by atoms with E-state index in [0.717, 1.165) is 19.8 Å². The molecule has 14 heavy (non-hydrogen) atoms. The van der Waals surface area contributed by atoms with Crippen LogP contribution in [0.25, 0.3) is 0 Å². The first-order valence-corrected chi connectivity index (χ1v) is 5.88. The van der Waals surface area contributed by atoms with Crippen LogP contribution >= 0.6 is 27.3 Å². The summed E-state index contributed by atoms with van der Waals surface area (Å²) in [4.78, 5) is 13.3. The summed E-state index contributed by atoms with van der Waals surface area (Å²) in [7, 11) is 0. The Hall–Kier alpha value is -0.350. The standard InChI is InChI=1S/C10H13BrO2S/c1-5-7(8(11)6(2)14-5)10(3,4)9(12)13/h1-4H3,(H,12,13). The molecule has 1 rings (SSSR count). The summed E-state index contributed by atoms with van der Waals surface area (Å²) in [6, 6.07) is 0. The third-order valence-electron chi connectivity index (χ3n) is 2.35. The van der Waals surface area contributed by atoms with Gasteiger partial charge in [-0.2, -0.15) is 0 Å². The number of hydrogen-bond donors (Lipinski definition) is 1. The minimum Gasteiger partial charge on any atom is -0.481 e. The molecule has 0 aliphatic carbocycles. The Morgan fingerprint density at radius 3 is 2.14 bits per heavy atom. The molecule has 0 unspecified atom stereocenters. The van der Waals surface area contributed by atoms with E-state index in [4.69, 9.17) is 5.11 Å². The fourth-order valence-electron chi connectivity index (χ4n) is 1.48. The molecule has 0 radical (unpaired) electrons. The smallest absolute Gasteiger partial charge is 0.313 e. The van der Waals surface area contributed by atoms with E-state index < -0.39 is 11.4 Å². The van der Waals surface area contributed by atoms with Crippen LogP contribution in [0.3, 0.4) is 0 Å². The van der Waals surface area contributed by atoms with E-state index in [0.29, 0.717) is 0 Å². The summed E-state index contributed by atoms with van der Waals surface area (Å²) in [5, 5.41) is 9.14. The molecular formula is C10H13BrO2S. The highest BCUT2D eigenvalue weighted by atomic mass is 79.9. The first-order chi connectivity index (χ1) is 6.28. The van der Waals surface area contributed by atoms with E-state index in [2.05, 4.69) is 15.9 Å². The van der Waals surface area contributed by atoms with Crippen LogP contribution in [-0.4, -0.2) is 11.1 Å². The molecule has 0 aliphatic heterocycles. The summed E-state index contributed by atoms with van der Waals surface area (Å²) >= 11 is 5.08. The highest BCUT2D eigenvalue weighted by Gasteiger charge is 2.34. The lowest BCUT2D eigenvalue weighted by molar-refractivity contribution is -0.142. The van der Waals surface area contributed by atoms with Gasteiger partial charge in [-0.1, -0.05) is 0 Å². The molecule has 0 saturated carbocycles. The first-order valence-electron chi connectivity index (χ1n) is 4.27. The van der Waals surface area contributed by atoms with Crippen molar-refractivity contribution in [1.82, 2.24) is 0 Å². The van der Waals surface area contributed by atoms with Crippen LogP contribution < -0.4 is 0 Å². The van der Waals surface area contributed by atoms with Gasteiger partial charge in [0.15, 0.2) is 0 Å². The van der Waals surface area contributed by atoms with Crippen molar-refractivity contribution in [2.45, 2.75) is 33.1 Å². The topological polar surface area (TPSA) is 37.3 Å². The second-order valence-electron chi connectivity index (χ2n) is 3.83. The fourth-order valence-corrected chi connectivity index (χ4v) is 3.75. The maximum atomic E-state index is 11.1. The largest absolute Gasteiger partial charge is 0.481 e. The number of halogens is 1. The molecule has 0 fully saturated rings. The second kappa shape index (κ2) is 3.66. The second-order valence-corrected chi connectivity index (χ2v) is 6.06. The van der Waals surface area contributed by atoms with Crippen LogP contribution in [-0.2, 0) is 10.2 Å². The van der Waals surface area contributed by atoms with Crippen molar-refractivity contribution < 1.29 is 9.90 Å². The van der Waals surface area contributed by atoms with Gasteiger partial charge in [0.25, 0.3) is 0 Å². The Labute approximate surface area is 96.1 Å². The maximum Gasteiger partial charge on any atom is 0.313 e. The number of carbonyl (C=O) groups is 1. The zero-order valence-electron chi connectivity index (χ0n) is 8.64. The number of aryl methyl sites for hydroxylation is 2. The average molecular weight is 277 g/mol. The predicted molar refractivity (Wildman–Crippen MR) is 62.2 cm³/mol. The molecule has 0 amide bonds. The molecule has 0 atom stereocenters. The lowest BCUT2D eigenvalue weighted by Crippen LogP contribution is -2.29. The Morgan fingerprint density at radius 2 is 1.86 bits per heavy atom. The lowest BCUT2D eigenvalue weighted by atomic mass is 9.85. The lowest BCUT2D eigenvalue weighted by Gasteiger charge is -2.20. The Morgan fingerprint density at radius 1 is 1.36 bits per heavy atom. The number of carboxylic acids is 1.